The first-order valence-electron chi connectivity index (χ1n) is 7.28. The van der Waals surface area contributed by atoms with Crippen molar-refractivity contribution >= 4 is 5.91 Å². The molecule has 3 unspecified atom stereocenters. The number of hydrogen-bond donors (Lipinski definition) is 2. The van der Waals surface area contributed by atoms with Gasteiger partial charge in [0.25, 0.3) is 0 Å². The van der Waals surface area contributed by atoms with Gasteiger partial charge in [0.15, 0.2) is 0 Å². The molecule has 0 spiro atoms. The Morgan fingerprint density at radius 2 is 2.06 bits per heavy atom. The zero-order valence-corrected chi connectivity index (χ0v) is 11.0. The van der Waals surface area contributed by atoms with E-state index in [1.54, 1.807) is 0 Å². The molecule has 2 rings (SSSR count). The van der Waals surface area contributed by atoms with E-state index in [1.165, 1.54) is 38.5 Å². The molecule has 3 atom stereocenters. The Kier molecular flexibility index (Phi) is 4.84. The summed E-state index contributed by atoms with van der Waals surface area (Å²) in [6.07, 6.45) is 9.27. The summed E-state index contributed by atoms with van der Waals surface area (Å²) in [5, 5.41) is 6.67. The van der Waals surface area contributed by atoms with Crippen LogP contribution in [0.15, 0.2) is 0 Å². The molecule has 1 amide bonds. The van der Waals surface area contributed by atoms with E-state index in [4.69, 9.17) is 0 Å². The molecule has 0 aromatic carbocycles. The van der Waals surface area contributed by atoms with E-state index in [-0.39, 0.29) is 5.91 Å². The van der Waals surface area contributed by atoms with Crippen LogP contribution < -0.4 is 10.6 Å². The molecule has 2 N–H and O–H groups in total. The highest BCUT2D eigenvalue weighted by Gasteiger charge is 2.23. The Bertz CT molecular complexity index is 249. The van der Waals surface area contributed by atoms with Crippen molar-refractivity contribution in [1.29, 1.82) is 0 Å². The minimum absolute atomic E-state index is 0.262. The first-order chi connectivity index (χ1) is 8.25. The summed E-state index contributed by atoms with van der Waals surface area (Å²) in [6.45, 7) is 3.40. The molecular weight excluding hydrogens is 212 g/mol. The molecule has 1 saturated carbocycles. The Hall–Kier alpha value is -0.570. The van der Waals surface area contributed by atoms with Gasteiger partial charge in [-0.3, -0.25) is 4.79 Å². The highest BCUT2D eigenvalue weighted by atomic mass is 16.1. The minimum Gasteiger partial charge on any atom is -0.353 e. The predicted octanol–water partition coefficient (Wildman–Crippen LogP) is 2.21. The third-order valence-corrected chi connectivity index (χ3v) is 4.34. The van der Waals surface area contributed by atoms with Crippen molar-refractivity contribution in [3.63, 3.8) is 0 Å². The molecule has 3 nitrogen and oxygen atoms in total. The topological polar surface area (TPSA) is 41.1 Å². The molecule has 0 bridgehead atoms. The van der Waals surface area contributed by atoms with Crippen LogP contribution in [-0.2, 0) is 4.79 Å². The average Bonchev–Trinajstić information content (AvgIpc) is 2.82. The maximum Gasteiger partial charge on any atom is 0.220 e. The van der Waals surface area contributed by atoms with Gasteiger partial charge in [-0.05, 0) is 44.6 Å². The molecule has 17 heavy (non-hydrogen) atoms. The summed E-state index contributed by atoms with van der Waals surface area (Å²) in [7, 11) is 0. The van der Waals surface area contributed by atoms with Crippen molar-refractivity contribution in [2.24, 2.45) is 5.92 Å². The van der Waals surface area contributed by atoms with Gasteiger partial charge in [-0.1, -0.05) is 19.8 Å². The van der Waals surface area contributed by atoms with E-state index in [2.05, 4.69) is 17.6 Å². The molecule has 1 aliphatic carbocycles. The molecule has 1 heterocycles. The summed E-state index contributed by atoms with van der Waals surface area (Å²) in [4.78, 5) is 11.9. The van der Waals surface area contributed by atoms with Crippen LogP contribution in [0.4, 0.5) is 0 Å². The van der Waals surface area contributed by atoms with Gasteiger partial charge < -0.3 is 10.6 Å². The molecule has 0 radical (unpaired) electrons. The minimum atomic E-state index is 0.262. The van der Waals surface area contributed by atoms with Crippen LogP contribution in [0.3, 0.4) is 0 Å². The predicted molar refractivity (Wildman–Crippen MR) is 69.8 cm³/mol. The van der Waals surface area contributed by atoms with Crippen molar-refractivity contribution in [2.75, 3.05) is 6.54 Å². The summed E-state index contributed by atoms with van der Waals surface area (Å²) in [5.74, 6) is 0.926. The van der Waals surface area contributed by atoms with Crippen LogP contribution in [0.2, 0.25) is 0 Å². The fourth-order valence-electron chi connectivity index (χ4n) is 3.12. The standard InChI is InChI=1S/C14H26N2O/c1-11-5-2-3-7-13(11)16-14(17)9-8-12-6-4-10-15-12/h11-13,15H,2-10H2,1H3,(H,16,17). The van der Waals surface area contributed by atoms with Crippen molar-refractivity contribution in [3.8, 4) is 0 Å². The Balaban J connectivity index is 1.65. The molecule has 98 valence electrons. The van der Waals surface area contributed by atoms with Crippen LogP contribution in [-0.4, -0.2) is 24.5 Å². The van der Waals surface area contributed by atoms with Gasteiger partial charge in [0, 0.05) is 18.5 Å². The zero-order valence-electron chi connectivity index (χ0n) is 11.0. The van der Waals surface area contributed by atoms with Crippen LogP contribution >= 0.6 is 0 Å². The molecule has 1 saturated heterocycles. The van der Waals surface area contributed by atoms with Crippen molar-refractivity contribution in [3.05, 3.63) is 0 Å². The molecule has 3 heteroatoms. The van der Waals surface area contributed by atoms with E-state index >= 15 is 0 Å². The van der Waals surface area contributed by atoms with Gasteiger partial charge in [-0.15, -0.1) is 0 Å². The summed E-state index contributed by atoms with van der Waals surface area (Å²) in [6, 6.07) is 1.03. The van der Waals surface area contributed by atoms with Crippen LogP contribution in [0, 0.1) is 5.92 Å². The highest BCUT2D eigenvalue weighted by Crippen LogP contribution is 2.23. The van der Waals surface area contributed by atoms with E-state index in [1.807, 2.05) is 0 Å². The fourth-order valence-corrected chi connectivity index (χ4v) is 3.12. The van der Waals surface area contributed by atoms with Crippen molar-refractivity contribution in [1.82, 2.24) is 10.6 Å². The number of rotatable bonds is 4. The molecule has 2 aliphatic rings. The normalized spacial score (nSPS) is 33.6. The molecule has 0 aromatic heterocycles. The lowest BCUT2D eigenvalue weighted by Gasteiger charge is -2.29. The fraction of sp³-hybridized carbons (Fsp3) is 0.929. The third-order valence-electron chi connectivity index (χ3n) is 4.34. The van der Waals surface area contributed by atoms with Gasteiger partial charge in [-0.25, -0.2) is 0 Å². The van der Waals surface area contributed by atoms with Gasteiger partial charge >= 0.3 is 0 Å². The number of carbonyl (C=O) groups excluding carboxylic acids is 1. The molecule has 2 fully saturated rings. The van der Waals surface area contributed by atoms with E-state index < -0.39 is 0 Å². The van der Waals surface area contributed by atoms with Crippen LogP contribution in [0.5, 0.6) is 0 Å². The summed E-state index contributed by atoms with van der Waals surface area (Å²) in [5.41, 5.74) is 0. The monoisotopic (exact) mass is 238 g/mol. The molecular formula is C14H26N2O. The first-order valence-corrected chi connectivity index (χ1v) is 7.28. The quantitative estimate of drug-likeness (QED) is 0.788. The highest BCUT2D eigenvalue weighted by molar-refractivity contribution is 5.76. The summed E-state index contributed by atoms with van der Waals surface area (Å²) >= 11 is 0. The third kappa shape index (κ3) is 3.98. The smallest absolute Gasteiger partial charge is 0.220 e. The van der Waals surface area contributed by atoms with Gasteiger partial charge in [0.05, 0.1) is 0 Å². The van der Waals surface area contributed by atoms with E-state index in [0.717, 1.165) is 13.0 Å². The number of carbonyl (C=O) groups is 1. The molecule has 1 aliphatic heterocycles. The van der Waals surface area contributed by atoms with E-state index in [0.29, 0.717) is 24.4 Å². The maximum atomic E-state index is 11.9. The zero-order chi connectivity index (χ0) is 12.1. The Morgan fingerprint density at radius 1 is 1.24 bits per heavy atom. The lowest BCUT2D eigenvalue weighted by Crippen LogP contribution is -2.41. The second-order valence-electron chi connectivity index (χ2n) is 5.77. The Labute approximate surface area is 105 Å². The van der Waals surface area contributed by atoms with Gasteiger partial charge in [0.2, 0.25) is 5.91 Å². The average molecular weight is 238 g/mol. The van der Waals surface area contributed by atoms with Gasteiger partial charge in [-0.2, -0.15) is 0 Å². The van der Waals surface area contributed by atoms with E-state index in [9.17, 15) is 4.79 Å². The second-order valence-corrected chi connectivity index (χ2v) is 5.77. The SMILES string of the molecule is CC1CCCCC1NC(=O)CCC1CCCN1. The summed E-state index contributed by atoms with van der Waals surface area (Å²) < 4.78 is 0. The maximum absolute atomic E-state index is 11.9. The molecule has 0 aromatic rings. The number of amides is 1. The lowest BCUT2D eigenvalue weighted by molar-refractivity contribution is -0.122. The van der Waals surface area contributed by atoms with Crippen LogP contribution in [0.1, 0.15) is 58.3 Å². The van der Waals surface area contributed by atoms with Gasteiger partial charge in [0.1, 0.15) is 0 Å². The lowest BCUT2D eigenvalue weighted by atomic mass is 9.86. The van der Waals surface area contributed by atoms with Crippen molar-refractivity contribution < 1.29 is 4.79 Å². The first kappa shape index (κ1) is 12.9. The number of hydrogen-bond acceptors (Lipinski definition) is 2. The number of nitrogens with one attached hydrogen (secondary N) is 2. The van der Waals surface area contributed by atoms with Crippen LogP contribution in [0.25, 0.3) is 0 Å². The second kappa shape index (κ2) is 6.39. The van der Waals surface area contributed by atoms with Crippen molar-refractivity contribution in [2.45, 2.75) is 70.4 Å². The Morgan fingerprint density at radius 3 is 2.76 bits per heavy atom. The largest absolute Gasteiger partial charge is 0.353 e.